The highest BCUT2D eigenvalue weighted by Gasteiger charge is 2.33. The minimum Gasteiger partial charge on any atom is -0.192 e. The van der Waals surface area contributed by atoms with Crippen molar-refractivity contribution in [3.63, 3.8) is 0 Å². The maximum absolute atomic E-state index is 12.3. The number of halogens is 3. The van der Waals surface area contributed by atoms with Crippen LogP contribution in [0.15, 0.2) is 23.4 Å². The maximum atomic E-state index is 12.3. The fourth-order valence-electron chi connectivity index (χ4n) is 0.921. The van der Waals surface area contributed by atoms with E-state index in [0.717, 1.165) is 12.1 Å². The van der Waals surface area contributed by atoms with Crippen LogP contribution < -0.4 is 0 Å². The molecule has 0 radical (unpaired) electrons. The van der Waals surface area contributed by atoms with E-state index < -0.39 is 17.3 Å². The van der Waals surface area contributed by atoms with Gasteiger partial charge in [0.15, 0.2) is 0 Å². The largest absolute Gasteiger partial charge is 0.417 e. The van der Waals surface area contributed by atoms with Crippen LogP contribution in [0.2, 0.25) is 0 Å². The molecule has 0 aromatic heterocycles. The van der Waals surface area contributed by atoms with E-state index in [-0.39, 0.29) is 5.69 Å². The van der Waals surface area contributed by atoms with Gasteiger partial charge in [-0.2, -0.15) is 18.4 Å². The Morgan fingerprint density at radius 1 is 1.36 bits per heavy atom. The number of hydrogen-bond acceptors (Lipinski definition) is 3. The third-order valence-electron chi connectivity index (χ3n) is 1.53. The number of alkyl halides is 3. The number of nitroso groups, excluding NO2 is 1. The Balaban J connectivity index is 3.38. The van der Waals surface area contributed by atoms with Crippen LogP contribution in [0, 0.1) is 16.2 Å². The predicted octanol–water partition coefficient (Wildman–Crippen LogP) is 2.97. The standard InChI is InChI=1S/C8H3F3N2O/c9-8(10,11)7-3-6(13-14)2-1-5(7)4-12/h1-3H. The second-order valence-electron chi connectivity index (χ2n) is 2.43. The Bertz CT molecular complexity index is 406. The minimum absolute atomic E-state index is 0.351. The SMILES string of the molecule is N#Cc1ccc(N=O)cc1C(F)(F)F. The molecule has 0 spiro atoms. The van der Waals surface area contributed by atoms with Crippen LogP contribution in [-0.2, 0) is 6.18 Å². The summed E-state index contributed by atoms with van der Waals surface area (Å²) in [6.45, 7) is 0. The van der Waals surface area contributed by atoms with Gasteiger partial charge in [-0.15, -0.1) is 4.91 Å². The lowest BCUT2D eigenvalue weighted by Gasteiger charge is -2.07. The Labute approximate surface area is 76.7 Å². The van der Waals surface area contributed by atoms with Crippen molar-refractivity contribution in [2.24, 2.45) is 5.18 Å². The van der Waals surface area contributed by atoms with Gasteiger partial charge in [-0.05, 0) is 23.4 Å². The molecule has 6 heteroatoms. The van der Waals surface area contributed by atoms with Gasteiger partial charge in [0.2, 0.25) is 0 Å². The molecule has 0 amide bonds. The van der Waals surface area contributed by atoms with Crippen LogP contribution >= 0.6 is 0 Å². The second-order valence-corrected chi connectivity index (χ2v) is 2.43. The molecule has 1 aromatic rings. The summed E-state index contributed by atoms with van der Waals surface area (Å²) in [5, 5.41) is 10.7. The van der Waals surface area contributed by atoms with Crippen molar-refractivity contribution in [1.29, 1.82) is 5.26 Å². The van der Waals surface area contributed by atoms with Gasteiger partial charge < -0.3 is 0 Å². The topological polar surface area (TPSA) is 53.2 Å². The normalized spacial score (nSPS) is 10.7. The predicted molar refractivity (Wildman–Crippen MR) is 41.6 cm³/mol. The number of hydrogen-bond donors (Lipinski definition) is 0. The van der Waals surface area contributed by atoms with Crippen LogP contribution in [0.4, 0.5) is 18.9 Å². The summed E-state index contributed by atoms with van der Waals surface area (Å²) in [7, 11) is 0. The minimum atomic E-state index is -4.65. The third kappa shape index (κ3) is 1.88. The smallest absolute Gasteiger partial charge is 0.192 e. The molecule has 0 aliphatic heterocycles. The average molecular weight is 200 g/mol. The molecular weight excluding hydrogens is 197 g/mol. The van der Waals surface area contributed by atoms with Crippen molar-refractivity contribution >= 4 is 5.69 Å². The molecule has 0 fully saturated rings. The highest BCUT2D eigenvalue weighted by atomic mass is 19.4. The maximum Gasteiger partial charge on any atom is 0.417 e. The molecule has 0 aliphatic rings. The first kappa shape index (κ1) is 10.2. The van der Waals surface area contributed by atoms with Crippen LogP contribution in [-0.4, -0.2) is 0 Å². The first-order chi connectivity index (χ1) is 6.49. The molecule has 0 heterocycles. The second kappa shape index (κ2) is 3.46. The Morgan fingerprint density at radius 3 is 2.43 bits per heavy atom. The summed E-state index contributed by atoms with van der Waals surface area (Å²) in [6, 6.07) is 3.91. The lowest BCUT2D eigenvalue weighted by molar-refractivity contribution is -0.137. The number of nitriles is 1. The van der Waals surface area contributed by atoms with Gasteiger partial charge in [-0.25, -0.2) is 0 Å². The number of nitrogens with zero attached hydrogens (tertiary/aromatic N) is 2. The summed E-state index contributed by atoms with van der Waals surface area (Å²) in [5.41, 5.74) is -2.02. The lowest BCUT2D eigenvalue weighted by Crippen LogP contribution is -2.07. The van der Waals surface area contributed by atoms with Crippen molar-refractivity contribution in [1.82, 2.24) is 0 Å². The molecule has 0 atom stereocenters. The van der Waals surface area contributed by atoms with Gasteiger partial charge >= 0.3 is 6.18 Å². The lowest BCUT2D eigenvalue weighted by atomic mass is 10.1. The molecule has 72 valence electrons. The Hall–Kier alpha value is -1.90. The molecule has 1 aromatic carbocycles. The molecule has 3 nitrogen and oxygen atoms in total. The summed E-state index contributed by atoms with van der Waals surface area (Å²) in [5.74, 6) is 0. The molecule has 0 bridgehead atoms. The average Bonchev–Trinajstić information content (AvgIpc) is 2.15. The zero-order valence-electron chi connectivity index (χ0n) is 6.67. The van der Waals surface area contributed by atoms with Crippen molar-refractivity contribution in [2.45, 2.75) is 6.18 Å². The van der Waals surface area contributed by atoms with Crippen molar-refractivity contribution in [2.75, 3.05) is 0 Å². The van der Waals surface area contributed by atoms with Gasteiger partial charge in [0.1, 0.15) is 5.69 Å². The molecule has 14 heavy (non-hydrogen) atoms. The molecule has 1 rings (SSSR count). The van der Waals surface area contributed by atoms with Crippen molar-refractivity contribution < 1.29 is 13.2 Å². The molecule has 0 N–H and O–H groups in total. The van der Waals surface area contributed by atoms with Gasteiger partial charge in [-0.3, -0.25) is 0 Å². The van der Waals surface area contributed by atoms with E-state index in [1.807, 2.05) is 0 Å². The van der Waals surface area contributed by atoms with E-state index in [1.165, 1.54) is 6.07 Å². The first-order valence-electron chi connectivity index (χ1n) is 3.43. The summed E-state index contributed by atoms with van der Waals surface area (Å²) in [4.78, 5) is 9.99. The zero-order valence-corrected chi connectivity index (χ0v) is 6.67. The van der Waals surface area contributed by atoms with Gasteiger partial charge in [-0.1, -0.05) is 0 Å². The molecular formula is C8H3F3N2O. The van der Waals surface area contributed by atoms with Gasteiger partial charge in [0, 0.05) is 0 Å². The summed E-state index contributed by atoms with van der Waals surface area (Å²) < 4.78 is 36.8. The molecule has 0 aliphatic carbocycles. The fourth-order valence-corrected chi connectivity index (χ4v) is 0.921. The Morgan fingerprint density at radius 2 is 2.00 bits per heavy atom. The summed E-state index contributed by atoms with van der Waals surface area (Å²) >= 11 is 0. The highest BCUT2D eigenvalue weighted by Crippen LogP contribution is 2.33. The highest BCUT2D eigenvalue weighted by molar-refractivity contribution is 5.49. The van der Waals surface area contributed by atoms with Crippen LogP contribution in [0.5, 0.6) is 0 Å². The van der Waals surface area contributed by atoms with E-state index in [0.29, 0.717) is 6.07 Å². The number of rotatable bonds is 1. The Kier molecular flexibility index (Phi) is 2.51. The quantitative estimate of drug-likeness (QED) is 0.654. The first-order valence-corrected chi connectivity index (χ1v) is 3.43. The van der Waals surface area contributed by atoms with E-state index >= 15 is 0 Å². The van der Waals surface area contributed by atoms with Crippen molar-refractivity contribution in [3.05, 3.63) is 34.2 Å². The zero-order chi connectivity index (χ0) is 10.8. The van der Waals surface area contributed by atoms with E-state index in [2.05, 4.69) is 5.18 Å². The van der Waals surface area contributed by atoms with Crippen LogP contribution in [0.25, 0.3) is 0 Å². The van der Waals surface area contributed by atoms with E-state index in [1.54, 1.807) is 0 Å². The molecule has 0 saturated carbocycles. The molecule has 0 saturated heterocycles. The van der Waals surface area contributed by atoms with Gasteiger partial charge in [0.25, 0.3) is 0 Å². The molecule has 0 unspecified atom stereocenters. The van der Waals surface area contributed by atoms with Crippen LogP contribution in [0.1, 0.15) is 11.1 Å². The third-order valence-corrected chi connectivity index (χ3v) is 1.53. The van der Waals surface area contributed by atoms with Crippen molar-refractivity contribution in [3.8, 4) is 6.07 Å². The van der Waals surface area contributed by atoms with Crippen LogP contribution in [0.3, 0.4) is 0 Å². The van der Waals surface area contributed by atoms with E-state index in [9.17, 15) is 18.1 Å². The van der Waals surface area contributed by atoms with E-state index in [4.69, 9.17) is 5.26 Å². The summed E-state index contributed by atoms with van der Waals surface area (Å²) in [6.07, 6.45) is -4.65. The monoisotopic (exact) mass is 200 g/mol. The number of benzene rings is 1. The fraction of sp³-hybridized carbons (Fsp3) is 0.125. The van der Waals surface area contributed by atoms with Gasteiger partial charge in [0.05, 0.1) is 17.2 Å².